The molecule has 4 atom stereocenters. The lowest BCUT2D eigenvalue weighted by atomic mass is 9.66. The fourth-order valence-electron chi connectivity index (χ4n) is 4.87. The lowest BCUT2D eigenvalue weighted by Gasteiger charge is -2.57. The fourth-order valence-corrected chi connectivity index (χ4v) is 4.87. The molecule has 3 aliphatic rings. The first-order valence-corrected chi connectivity index (χ1v) is 9.38. The number of benzene rings is 1. The first-order valence-electron chi connectivity index (χ1n) is 9.38. The zero-order valence-electron chi connectivity index (χ0n) is 15.4. The van der Waals surface area contributed by atoms with Gasteiger partial charge in [0.2, 0.25) is 0 Å². The van der Waals surface area contributed by atoms with Gasteiger partial charge >= 0.3 is 0 Å². The van der Waals surface area contributed by atoms with Crippen molar-refractivity contribution in [2.75, 3.05) is 40.1 Å². The van der Waals surface area contributed by atoms with E-state index in [1.54, 1.807) is 7.11 Å². The summed E-state index contributed by atoms with van der Waals surface area (Å²) in [4.78, 5) is 15.3. The van der Waals surface area contributed by atoms with E-state index in [1.165, 1.54) is 0 Å². The molecule has 3 saturated heterocycles. The van der Waals surface area contributed by atoms with E-state index < -0.39 is 5.60 Å². The molecule has 0 spiro atoms. The third-order valence-corrected chi connectivity index (χ3v) is 6.35. The minimum atomic E-state index is -0.796. The predicted octanol–water partition coefficient (Wildman–Crippen LogP) is 1.63. The number of amides is 1. The molecule has 1 aromatic carbocycles. The van der Waals surface area contributed by atoms with E-state index in [-0.39, 0.29) is 23.8 Å². The van der Waals surface area contributed by atoms with Crippen LogP contribution < -0.4 is 4.74 Å². The van der Waals surface area contributed by atoms with Crippen LogP contribution in [0.15, 0.2) is 18.2 Å². The van der Waals surface area contributed by atoms with Crippen LogP contribution in [0, 0.1) is 18.8 Å². The van der Waals surface area contributed by atoms with Gasteiger partial charge in [-0.3, -0.25) is 4.79 Å². The molecule has 3 aliphatic heterocycles. The number of likely N-dealkylation sites (tertiary alicyclic amines) is 1. The van der Waals surface area contributed by atoms with Crippen molar-refractivity contribution in [3.05, 3.63) is 29.3 Å². The van der Waals surface area contributed by atoms with E-state index in [4.69, 9.17) is 14.2 Å². The van der Waals surface area contributed by atoms with Crippen molar-refractivity contribution in [2.45, 2.75) is 31.4 Å². The Morgan fingerprint density at radius 2 is 2.12 bits per heavy atom. The molecular formula is C20H27NO5. The Labute approximate surface area is 154 Å². The van der Waals surface area contributed by atoms with E-state index in [0.717, 1.165) is 17.7 Å². The maximum atomic E-state index is 13.3. The summed E-state index contributed by atoms with van der Waals surface area (Å²) in [5.74, 6) is 0.671. The number of carbonyl (C=O) groups excluding carboxylic acids is 1. The molecule has 6 heteroatoms. The molecule has 0 saturated carbocycles. The molecule has 1 amide bonds. The monoisotopic (exact) mass is 361 g/mol. The molecule has 0 aliphatic carbocycles. The molecule has 142 valence electrons. The van der Waals surface area contributed by atoms with Gasteiger partial charge in [0.25, 0.3) is 5.91 Å². The Balaban J connectivity index is 1.64. The molecule has 0 radical (unpaired) electrons. The second-order valence-electron chi connectivity index (χ2n) is 7.69. The number of hydrogen-bond acceptors (Lipinski definition) is 5. The van der Waals surface area contributed by atoms with Crippen LogP contribution in [0.4, 0.5) is 0 Å². The molecule has 0 aromatic heterocycles. The maximum Gasteiger partial charge on any atom is 0.254 e. The van der Waals surface area contributed by atoms with E-state index in [9.17, 15) is 9.90 Å². The highest BCUT2D eigenvalue weighted by Gasteiger charge is 2.56. The maximum absolute atomic E-state index is 13.3. The van der Waals surface area contributed by atoms with Gasteiger partial charge in [-0.2, -0.15) is 0 Å². The highest BCUT2D eigenvalue weighted by molar-refractivity contribution is 5.95. The van der Waals surface area contributed by atoms with Crippen molar-refractivity contribution in [2.24, 2.45) is 11.8 Å². The van der Waals surface area contributed by atoms with Gasteiger partial charge < -0.3 is 24.2 Å². The van der Waals surface area contributed by atoms with Crippen LogP contribution in [0.2, 0.25) is 0 Å². The van der Waals surface area contributed by atoms with Gasteiger partial charge in [0, 0.05) is 49.6 Å². The molecule has 1 aromatic rings. The smallest absolute Gasteiger partial charge is 0.254 e. The van der Waals surface area contributed by atoms with E-state index in [2.05, 4.69) is 0 Å². The third kappa shape index (κ3) is 2.80. The summed E-state index contributed by atoms with van der Waals surface area (Å²) in [6, 6.07) is 5.56. The first-order chi connectivity index (χ1) is 12.5. The van der Waals surface area contributed by atoms with Crippen LogP contribution in [-0.4, -0.2) is 67.6 Å². The van der Waals surface area contributed by atoms with Crippen LogP contribution in [0.1, 0.15) is 28.8 Å². The van der Waals surface area contributed by atoms with Crippen LogP contribution >= 0.6 is 0 Å². The number of nitrogens with zero attached hydrogens (tertiary/aromatic N) is 1. The Bertz CT molecular complexity index is 693. The molecule has 1 N–H and O–H groups in total. The molecule has 0 unspecified atom stereocenters. The van der Waals surface area contributed by atoms with Crippen LogP contribution in [0.5, 0.6) is 5.75 Å². The van der Waals surface area contributed by atoms with Crippen molar-refractivity contribution in [1.82, 2.24) is 4.90 Å². The van der Waals surface area contributed by atoms with Gasteiger partial charge in [-0.05, 0) is 37.1 Å². The van der Waals surface area contributed by atoms with Gasteiger partial charge in [0.1, 0.15) is 5.75 Å². The quantitative estimate of drug-likeness (QED) is 0.867. The summed E-state index contributed by atoms with van der Waals surface area (Å²) in [7, 11) is 1.63. The number of hydrogen-bond donors (Lipinski definition) is 1. The molecule has 26 heavy (non-hydrogen) atoms. The molecule has 4 rings (SSSR count). The zero-order chi connectivity index (χ0) is 18.3. The number of aryl methyl sites for hydroxylation is 1. The Kier molecular flexibility index (Phi) is 4.67. The predicted molar refractivity (Wildman–Crippen MR) is 95.4 cm³/mol. The summed E-state index contributed by atoms with van der Waals surface area (Å²) in [6.07, 6.45) is 1.38. The van der Waals surface area contributed by atoms with Crippen molar-refractivity contribution in [3.8, 4) is 5.75 Å². The molecule has 3 fully saturated rings. The van der Waals surface area contributed by atoms with Crippen molar-refractivity contribution >= 4 is 5.91 Å². The van der Waals surface area contributed by atoms with Gasteiger partial charge in [0.15, 0.2) is 0 Å². The number of aliphatic hydroxyl groups is 1. The van der Waals surface area contributed by atoms with Gasteiger partial charge in [-0.25, -0.2) is 0 Å². The summed E-state index contributed by atoms with van der Waals surface area (Å²) in [5, 5.41) is 11.4. The largest absolute Gasteiger partial charge is 0.496 e. The Morgan fingerprint density at radius 3 is 2.88 bits per heavy atom. The SMILES string of the molecule is COc1ccc(C(=O)N2C[C@H]3COCC[C@@]3(O)[C@@H]3COCC[C@@H]32)cc1C. The molecule has 3 heterocycles. The Morgan fingerprint density at radius 1 is 1.31 bits per heavy atom. The second kappa shape index (κ2) is 6.83. The van der Waals surface area contributed by atoms with Crippen molar-refractivity contribution in [1.29, 1.82) is 0 Å². The van der Waals surface area contributed by atoms with E-state index >= 15 is 0 Å². The number of rotatable bonds is 2. The zero-order valence-corrected chi connectivity index (χ0v) is 15.4. The van der Waals surface area contributed by atoms with Crippen molar-refractivity contribution in [3.63, 3.8) is 0 Å². The average molecular weight is 361 g/mol. The van der Waals surface area contributed by atoms with E-state index in [1.807, 2.05) is 30.0 Å². The van der Waals surface area contributed by atoms with Crippen LogP contribution in [0.3, 0.4) is 0 Å². The van der Waals surface area contributed by atoms with Crippen molar-refractivity contribution < 1.29 is 24.1 Å². The first kappa shape index (κ1) is 17.8. The summed E-state index contributed by atoms with van der Waals surface area (Å²) >= 11 is 0. The normalized spacial score (nSPS) is 34.0. The van der Waals surface area contributed by atoms with Crippen LogP contribution in [0.25, 0.3) is 0 Å². The number of methoxy groups -OCH3 is 1. The lowest BCUT2D eigenvalue weighted by Crippen LogP contribution is -2.68. The van der Waals surface area contributed by atoms with Gasteiger partial charge in [0.05, 0.1) is 25.9 Å². The minimum Gasteiger partial charge on any atom is -0.496 e. The van der Waals surface area contributed by atoms with Gasteiger partial charge in [-0.15, -0.1) is 0 Å². The second-order valence-corrected chi connectivity index (χ2v) is 7.69. The molecule has 0 bridgehead atoms. The average Bonchev–Trinajstić information content (AvgIpc) is 2.67. The third-order valence-electron chi connectivity index (χ3n) is 6.35. The molecule has 6 nitrogen and oxygen atoms in total. The molecular weight excluding hydrogens is 334 g/mol. The highest BCUT2D eigenvalue weighted by atomic mass is 16.5. The highest BCUT2D eigenvalue weighted by Crippen LogP contribution is 2.44. The minimum absolute atomic E-state index is 0.0120. The summed E-state index contributed by atoms with van der Waals surface area (Å²) in [6.45, 7) is 4.66. The summed E-state index contributed by atoms with van der Waals surface area (Å²) in [5.41, 5.74) is 0.808. The fraction of sp³-hybridized carbons (Fsp3) is 0.650. The van der Waals surface area contributed by atoms with E-state index in [0.29, 0.717) is 45.0 Å². The standard InChI is InChI=1S/C20H27NO5/c1-13-9-14(3-4-18(13)24-2)19(22)21-10-15-11-26-8-6-20(15,23)16-12-25-7-5-17(16)21/h3-4,9,15-17,23H,5-8,10-12H2,1-2H3/t15-,16+,17-,20-/m0/s1. The number of fused-ring (bicyclic) bond motifs is 3. The number of carbonyl (C=O) groups is 1. The summed E-state index contributed by atoms with van der Waals surface area (Å²) < 4.78 is 16.6. The van der Waals surface area contributed by atoms with Gasteiger partial charge in [-0.1, -0.05) is 0 Å². The topological polar surface area (TPSA) is 68.2 Å². The number of ether oxygens (including phenoxy) is 3. The van der Waals surface area contributed by atoms with Crippen LogP contribution in [-0.2, 0) is 9.47 Å². The number of piperidine rings is 1. The Hall–Kier alpha value is -1.63. The lowest BCUT2D eigenvalue weighted by molar-refractivity contribution is -0.212.